The maximum atomic E-state index is 12.9. The van der Waals surface area contributed by atoms with Crippen LogP contribution in [0.1, 0.15) is 80.6 Å². The van der Waals surface area contributed by atoms with E-state index >= 15 is 0 Å². The molecule has 63 heavy (non-hydrogen) atoms. The van der Waals surface area contributed by atoms with Gasteiger partial charge in [0, 0.05) is 97.8 Å². The maximum Gasteiger partial charge on any atom is 0.328 e. The zero-order valence-corrected chi connectivity index (χ0v) is 36.6. The monoisotopic (exact) mass is 849 g/mol. The largest absolute Gasteiger partial charge is 0.372 e. The van der Waals surface area contributed by atoms with Crippen molar-refractivity contribution in [3.63, 3.8) is 0 Å². The zero-order chi connectivity index (χ0) is 43.8. The van der Waals surface area contributed by atoms with E-state index in [-0.39, 0.29) is 35.1 Å². The molecule has 3 aromatic carbocycles. The minimum Gasteiger partial charge on any atom is -0.372 e. The van der Waals surface area contributed by atoms with Crippen LogP contribution in [-0.4, -0.2) is 100 Å². The molecule has 15 heteroatoms. The van der Waals surface area contributed by atoms with Gasteiger partial charge in [-0.3, -0.25) is 29.8 Å². The highest BCUT2D eigenvalue weighted by Gasteiger charge is 2.28. The molecule has 6 aromatic rings. The molecule has 4 amide bonds. The van der Waals surface area contributed by atoms with E-state index in [0.717, 1.165) is 103 Å². The smallest absolute Gasteiger partial charge is 0.328 e. The number of amides is 4. The van der Waals surface area contributed by atoms with Gasteiger partial charge in [-0.2, -0.15) is 10.1 Å². The van der Waals surface area contributed by atoms with Crippen molar-refractivity contribution in [1.82, 2.24) is 40.9 Å². The number of rotatable bonds is 10. The quantitative estimate of drug-likeness (QED) is 0.127. The minimum absolute atomic E-state index is 0.0256. The summed E-state index contributed by atoms with van der Waals surface area (Å²) in [4.78, 5) is 55.1. The van der Waals surface area contributed by atoms with Gasteiger partial charge in [0.15, 0.2) is 5.65 Å². The molecular formula is C48H55N11O4. The average Bonchev–Trinajstić information content (AvgIpc) is 3.96. The van der Waals surface area contributed by atoms with Crippen molar-refractivity contribution < 1.29 is 18.9 Å². The molecule has 0 bridgehead atoms. The fourth-order valence-corrected chi connectivity index (χ4v) is 8.98. The van der Waals surface area contributed by atoms with Crippen molar-refractivity contribution >= 4 is 45.9 Å². The molecular weight excluding hydrogens is 795 g/mol. The summed E-state index contributed by atoms with van der Waals surface area (Å²) in [6.45, 7) is 17.6. The van der Waals surface area contributed by atoms with Crippen LogP contribution in [0.2, 0.25) is 0 Å². The molecule has 1 atom stereocenters. The van der Waals surface area contributed by atoms with Gasteiger partial charge in [0.2, 0.25) is 11.8 Å². The van der Waals surface area contributed by atoms with Crippen LogP contribution in [0.15, 0.2) is 83.4 Å². The van der Waals surface area contributed by atoms with Crippen molar-refractivity contribution in [3.05, 3.63) is 102 Å². The minimum atomic E-state index is -0.380. The highest BCUT2D eigenvalue weighted by Crippen LogP contribution is 2.32. The van der Waals surface area contributed by atoms with Crippen molar-refractivity contribution in [1.29, 1.82) is 0 Å². The highest BCUT2D eigenvalue weighted by molar-refractivity contribution is 6.05. The summed E-state index contributed by atoms with van der Waals surface area (Å²) in [5.74, 6) is 0.533. The molecule has 0 unspecified atom stereocenters. The van der Waals surface area contributed by atoms with E-state index in [0.29, 0.717) is 30.4 Å². The number of fused-ring (bicyclic) bond motifs is 1. The molecule has 3 saturated heterocycles. The summed E-state index contributed by atoms with van der Waals surface area (Å²) in [5.41, 5.74) is 9.36. The lowest BCUT2D eigenvalue weighted by atomic mass is 9.95. The number of aryl methyl sites for hydroxylation is 1. The SMILES string of the molecule is Cc1cc(-c2[nH]nc3nc(-c4ccc(N5CCN(CC6CCN(c7ccc(N8CCC(=O)NC8=O)cc7)CC6)CC5)cc4)ccc23)ccc1[C@@H](C)NC(=O)c1noc(C(C)(C)C)n1. The van der Waals surface area contributed by atoms with Gasteiger partial charge in [-0.05, 0) is 98.3 Å². The molecule has 6 heterocycles. The number of H-pyrrole nitrogens is 1. The number of urea groups is 1. The number of anilines is 3. The Morgan fingerprint density at radius 3 is 2.16 bits per heavy atom. The number of piperidine rings is 1. The predicted molar refractivity (Wildman–Crippen MR) is 244 cm³/mol. The molecule has 3 fully saturated rings. The van der Waals surface area contributed by atoms with Crippen LogP contribution >= 0.6 is 0 Å². The molecule has 3 aliphatic heterocycles. The van der Waals surface area contributed by atoms with Crippen LogP contribution < -0.4 is 25.3 Å². The average molecular weight is 850 g/mol. The fraction of sp³-hybridized carbons (Fsp3) is 0.396. The second kappa shape index (κ2) is 17.3. The Bertz CT molecular complexity index is 2620. The summed E-state index contributed by atoms with van der Waals surface area (Å²) in [7, 11) is 0. The summed E-state index contributed by atoms with van der Waals surface area (Å²) in [6.07, 6.45) is 2.65. The van der Waals surface area contributed by atoms with E-state index in [1.165, 1.54) is 11.4 Å². The van der Waals surface area contributed by atoms with Gasteiger partial charge in [-0.1, -0.05) is 50.2 Å². The number of carbonyl (C=O) groups is 3. The van der Waals surface area contributed by atoms with E-state index in [9.17, 15) is 14.4 Å². The molecule has 3 aromatic heterocycles. The van der Waals surface area contributed by atoms with E-state index in [1.54, 1.807) is 4.90 Å². The topological polar surface area (TPSA) is 169 Å². The van der Waals surface area contributed by atoms with Crippen molar-refractivity contribution in [2.45, 2.75) is 65.3 Å². The van der Waals surface area contributed by atoms with E-state index < -0.39 is 0 Å². The maximum absolute atomic E-state index is 12.9. The summed E-state index contributed by atoms with van der Waals surface area (Å²) in [5, 5.41) is 18.0. The van der Waals surface area contributed by atoms with Crippen LogP contribution in [0.4, 0.5) is 21.9 Å². The zero-order valence-electron chi connectivity index (χ0n) is 36.6. The lowest BCUT2D eigenvalue weighted by Crippen LogP contribution is -2.49. The van der Waals surface area contributed by atoms with Gasteiger partial charge in [0.25, 0.3) is 11.7 Å². The van der Waals surface area contributed by atoms with Gasteiger partial charge >= 0.3 is 6.03 Å². The number of hydrogen-bond donors (Lipinski definition) is 3. The number of benzene rings is 3. The molecule has 0 aliphatic carbocycles. The second-order valence-electron chi connectivity index (χ2n) is 18.1. The number of aromatic amines is 1. The number of carbonyl (C=O) groups excluding carboxylic acids is 3. The van der Waals surface area contributed by atoms with Crippen LogP contribution in [-0.2, 0) is 10.2 Å². The Kier molecular flexibility index (Phi) is 11.4. The number of nitrogens with zero attached hydrogens (tertiary/aromatic N) is 8. The van der Waals surface area contributed by atoms with Gasteiger partial charge in [0.1, 0.15) is 0 Å². The molecule has 0 saturated carbocycles. The normalized spacial score (nSPS) is 17.3. The number of hydrogen-bond acceptors (Lipinski definition) is 11. The fourth-order valence-electron chi connectivity index (χ4n) is 8.98. The lowest BCUT2D eigenvalue weighted by molar-refractivity contribution is -0.120. The Hall–Kier alpha value is -6.61. The third-order valence-corrected chi connectivity index (χ3v) is 12.7. The number of pyridine rings is 1. The first kappa shape index (κ1) is 41.7. The lowest BCUT2D eigenvalue weighted by Gasteiger charge is -2.40. The first-order valence-corrected chi connectivity index (χ1v) is 22.0. The summed E-state index contributed by atoms with van der Waals surface area (Å²) < 4.78 is 5.31. The van der Waals surface area contributed by atoms with E-state index in [1.807, 2.05) is 58.9 Å². The Labute approximate surface area is 367 Å². The molecule has 3 aliphatic rings. The van der Waals surface area contributed by atoms with Gasteiger partial charge < -0.3 is 19.6 Å². The Morgan fingerprint density at radius 1 is 0.825 bits per heavy atom. The van der Waals surface area contributed by atoms with Gasteiger partial charge in [0.05, 0.1) is 17.4 Å². The molecule has 15 nitrogen and oxygen atoms in total. The molecule has 0 spiro atoms. The first-order chi connectivity index (χ1) is 30.4. The Morgan fingerprint density at radius 2 is 1.49 bits per heavy atom. The molecule has 0 radical (unpaired) electrons. The van der Waals surface area contributed by atoms with Crippen molar-refractivity contribution in [3.8, 4) is 22.5 Å². The number of nitrogens with one attached hydrogen (secondary N) is 3. The molecule has 3 N–H and O–H groups in total. The van der Waals surface area contributed by atoms with E-state index in [4.69, 9.17) is 9.51 Å². The number of imide groups is 1. The number of aromatic nitrogens is 5. The van der Waals surface area contributed by atoms with Crippen LogP contribution in [0.5, 0.6) is 0 Å². The van der Waals surface area contributed by atoms with Crippen molar-refractivity contribution in [2.24, 2.45) is 5.92 Å². The second-order valence-corrected chi connectivity index (χ2v) is 18.1. The standard InChI is InChI=1S/C48H55N11O4/c1-30-28-34(8-15-38(30)31(2)49-45(61)44-52-46(63-55-44)48(3,4)5)42-39-16-17-40(50-43(39)54-53-42)33-6-9-35(10-7-33)58-26-24-56(25-27-58)29-32-18-21-57(22-19-32)36-11-13-37(14-12-36)59-23-20-41(60)51-47(59)62/h6-17,28,31-32H,18-27,29H2,1-5H3,(H,49,61)(H,50,53,54)(H,51,60,62)/t31-/m1/s1. The number of piperazine rings is 1. The van der Waals surface area contributed by atoms with Gasteiger partial charge in [-0.25, -0.2) is 9.78 Å². The van der Waals surface area contributed by atoms with E-state index in [2.05, 4.69) is 100 Å². The van der Waals surface area contributed by atoms with Crippen LogP contribution in [0.25, 0.3) is 33.5 Å². The first-order valence-electron chi connectivity index (χ1n) is 22.0. The molecule has 326 valence electrons. The third kappa shape index (κ3) is 9.01. The third-order valence-electron chi connectivity index (χ3n) is 12.7. The summed E-state index contributed by atoms with van der Waals surface area (Å²) >= 11 is 0. The van der Waals surface area contributed by atoms with Crippen molar-refractivity contribution in [2.75, 3.05) is 67.1 Å². The molecule has 9 rings (SSSR count). The summed E-state index contributed by atoms with van der Waals surface area (Å²) in [6, 6.07) is 26.5. The van der Waals surface area contributed by atoms with Gasteiger partial charge in [-0.15, -0.1) is 0 Å². The predicted octanol–water partition coefficient (Wildman–Crippen LogP) is 7.26. The Balaban J connectivity index is 0.751. The van der Waals surface area contributed by atoms with Crippen LogP contribution in [0.3, 0.4) is 0 Å². The highest BCUT2D eigenvalue weighted by atomic mass is 16.5. The van der Waals surface area contributed by atoms with Crippen LogP contribution in [0, 0.1) is 12.8 Å².